The Bertz CT molecular complexity index is 973. The highest BCUT2D eigenvalue weighted by atomic mass is 19.4. The highest BCUT2D eigenvalue weighted by molar-refractivity contribution is 6.02. The van der Waals surface area contributed by atoms with Gasteiger partial charge < -0.3 is 9.47 Å². The molecule has 1 aromatic carbocycles. The lowest BCUT2D eigenvalue weighted by Gasteiger charge is -2.46. The van der Waals surface area contributed by atoms with Gasteiger partial charge in [0.05, 0.1) is 46.3 Å². The van der Waals surface area contributed by atoms with Crippen LogP contribution in [0.15, 0.2) is 18.2 Å². The maximum atomic E-state index is 13.7. The van der Waals surface area contributed by atoms with Gasteiger partial charge in [-0.25, -0.2) is 0 Å². The molecule has 1 spiro atoms. The Balaban J connectivity index is 1.67. The van der Waals surface area contributed by atoms with Gasteiger partial charge in [0.1, 0.15) is 6.23 Å². The van der Waals surface area contributed by atoms with E-state index in [1.54, 1.807) is 6.07 Å². The summed E-state index contributed by atoms with van der Waals surface area (Å²) >= 11 is 0. The van der Waals surface area contributed by atoms with Crippen molar-refractivity contribution in [2.75, 3.05) is 11.5 Å². The van der Waals surface area contributed by atoms with Gasteiger partial charge in [0, 0.05) is 12.1 Å². The van der Waals surface area contributed by atoms with Crippen LogP contribution in [0.5, 0.6) is 0 Å². The minimum atomic E-state index is -4.69. The summed E-state index contributed by atoms with van der Waals surface area (Å²) in [6, 6.07) is 4.99. The van der Waals surface area contributed by atoms with Gasteiger partial charge in [0.15, 0.2) is 0 Å². The molecule has 0 radical (unpaired) electrons. The first-order chi connectivity index (χ1) is 13.5. The van der Waals surface area contributed by atoms with Crippen LogP contribution in [0, 0.1) is 28.6 Å². The normalized spacial score (nSPS) is 42.9. The van der Waals surface area contributed by atoms with E-state index in [1.807, 2.05) is 13.8 Å². The molecule has 1 amide bonds. The van der Waals surface area contributed by atoms with Crippen molar-refractivity contribution < 1.29 is 27.4 Å². The molecule has 8 heteroatoms. The summed E-state index contributed by atoms with van der Waals surface area (Å²) in [6.07, 6.45) is -3.89. The third-order valence-corrected chi connectivity index (χ3v) is 7.95. The number of hydrogen-bond acceptors (Lipinski definition) is 4. The van der Waals surface area contributed by atoms with E-state index in [2.05, 4.69) is 6.92 Å². The van der Waals surface area contributed by atoms with Crippen LogP contribution in [0.25, 0.3) is 0 Å². The molecule has 29 heavy (non-hydrogen) atoms. The van der Waals surface area contributed by atoms with Crippen molar-refractivity contribution in [3.8, 4) is 6.07 Å². The molecule has 0 saturated carbocycles. The van der Waals surface area contributed by atoms with E-state index in [-0.39, 0.29) is 23.4 Å². The molecule has 4 aliphatic heterocycles. The van der Waals surface area contributed by atoms with Gasteiger partial charge in [0.25, 0.3) is 0 Å². The summed E-state index contributed by atoms with van der Waals surface area (Å²) in [6.45, 7) is 6.27. The standard InChI is InChI=1S/C21H21F3N2O3/c1-11-9-20-6-7-28-16-15(20)18(2,19(11,3)29-20)17(27)26(16)13-5-4-12(10-25)14(8-13)21(22,23)24/h4-5,8,11,15-16H,6-7,9H2,1-3H3/t11-,15-,16+,18-,19-,20+/m1/s1. The number of anilines is 1. The van der Waals surface area contributed by atoms with Crippen LogP contribution in [-0.2, 0) is 20.4 Å². The van der Waals surface area contributed by atoms with E-state index in [1.165, 1.54) is 11.0 Å². The van der Waals surface area contributed by atoms with Crippen LogP contribution in [0.1, 0.15) is 44.7 Å². The number of hydrogen-bond donors (Lipinski definition) is 0. The average molecular weight is 406 g/mol. The number of alkyl halides is 3. The van der Waals surface area contributed by atoms with Crippen molar-refractivity contribution in [2.24, 2.45) is 17.3 Å². The Hall–Kier alpha value is -2.11. The van der Waals surface area contributed by atoms with E-state index in [9.17, 15) is 18.0 Å². The number of fused-ring (bicyclic) bond motifs is 2. The van der Waals surface area contributed by atoms with Gasteiger partial charge in [-0.2, -0.15) is 18.4 Å². The summed E-state index contributed by atoms with van der Waals surface area (Å²) in [5, 5.41) is 9.07. The number of rotatable bonds is 1. The van der Waals surface area contributed by atoms with Crippen LogP contribution in [0.3, 0.4) is 0 Å². The van der Waals surface area contributed by atoms with Crippen molar-refractivity contribution >= 4 is 11.6 Å². The highest BCUT2D eigenvalue weighted by Gasteiger charge is 2.82. The zero-order valence-corrected chi connectivity index (χ0v) is 16.3. The second-order valence-corrected chi connectivity index (χ2v) is 9.09. The smallest absolute Gasteiger partial charge is 0.367 e. The molecule has 4 heterocycles. The molecule has 4 aliphatic rings. The van der Waals surface area contributed by atoms with Gasteiger partial charge >= 0.3 is 6.18 Å². The molecular weight excluding hydrogens is 385 g/mol. The molecule has 0 unspecified atom stereocenters. The second-order valence-electron chi connectivity index (χ2n) is 9.09. The van der Waals surface area contributed by atoms with Gasteiger partial charge in [-0.3, -0.25) is 9.69 Å². The van der Waals surface area contributed by atoms with E-state index in [0.717, 1.165) is 18.6 Å². The van der Waals surface area contributed by atoms with Gasteiger partial charge in [-0.15, -0.1) is 0 Å². The Labute approximate surface area is 166 Å². The first-order valence-electron chi connectivity index (χ1n) is 9.76. The van der Waals surface area contributed by atoms with Gasteiger partial charge in [-0.05, 0) is 44.4 Å². The maximum Gasteiger partial charge on any atom is 0.417 e. The van der Waals surface area contributed by atoms with Crippen molar-refractivity contribution in [3.05, 3.63) is 29.3 Å². The Morgan fingerprint density at radius 3 is 2.69 bits per heavy atom. The predicted molar refractivity (Wildman–Crippen MR) is 95.6 cm³/mol. The lowest BCUT2D eigenvalue weighted by Crippen LogP contribution is -2.56. The van der Waals surface area contributed by atoms with Crippen LogP contribution in [0.4, 0.5) is 18.9 Å². The fourth-order valence-electron chi connectivity index (χ4n) is 6.44. The summed E-state index contributed by atoms with van der Waals surface area (Å²) < 4.78 is 53.0. The Morgan fingerprint density at radius 1 is 1.31 bits per heavy atom. The molecular formula is C21H21F3N2O3. The van der Waals surface area contributed by atoms with Crippen LogP contribution < -0.4 is 4.90 Å². The van der Waals surface area contributed by atoms with E-state index in [0.29, 0.717) is 13.0 Å². The SMILES string of the molecule is C[C@@H]1C[C@@]23CCO[C@H]4[C@@H]2[C@](C)(C(=O)N4c2ccc(C#N)c(C(F)(F)F)c2)[C@]1(C)O3. The van der Waals surface area contributed by atoms with E-state index >= 15 is 0 Å². The summed E-state index contributed by atoms with van der Waals surface area (Å²) in [4.78, 5) is 15.1. The molecule has 4 fully saturated rings. The lowest BCUT2D eigenvalue weighted by molar-refractivity contribution is -0.143. The van der Waals surface area contributed by atoms with Gasteiger partial charge in [-0.1, -0.05) is 6.92 Å². The molecule has 0 aromatic heterocycles. The van der Waals surface area contributed by atoms with E-state index in [4.69, 9.17) is 14.7 Å². The maximum absolute atomic E-state index is 13.7. The number of halogens is 3. The molecule has 0 aliphatic carbocycles. The molecule has 0 N–H and O–H groups in total. The van der Waals surface area contributed by atoms with Crippen molar-refractivity contribution in [1.29, 1.82) is 5.26 Å². The molecule has 5 nitrogen and oxygen atoms in total. The van der Waals surface area contributed by atoms with Crippen LogP contribution in [-0.4, -0.2) is 29.9 Å². The second kappa shape index (κ2) is 5.32. The largest absolute Gasteiger partial charge is 0.417 e. The molecule has 5 rings (SSSR count). The predicted octanol–water partition coefficient (Wildman–Crippen LogP) is 3.86. The van der Waals surface area contributed by atoms with Crippen molar-refractivity contribution in [3.63, 3.8) is 0 Å². The van der Waals surface area contributed by atoms with Crippen molar-refractivity contribution in [1.82, 2.24) is 0 Å². The third-order valence-electron chi connectivity index (χ3n) is 7.95. The summed E-state index contributed by atoms with van der Waals surface area (Å²) in [5.41, 5.74) is -3.48. The summed E-state index contributed by atoms with van der Waals surface area (Å²) in [7, 11) is 0. The monoisotopic (exact) mass is 406 g/mol. The number of ether oxygens (including phenoxy) is 2. The minimum Gasteiger partial charge on any atom is -0.367 e. The Morgan fingerprint density at radius 2 is 2.03 bits per heavy atom. The lowest BCUT2D eigenvalue weighted by atomic mass is 9.54. The first kappa shape index (κ1) is 18.9. The molecule has 154 valence electrons. The van der Waals surface area contributed by atoms with Crippen LogP contribution in [0.2, 0.25) is 0 Å². The highest BCUT2D eigenvalue weighted by Crippen LogP contribution is 2.72. The zero-order chi connectivity index (χ0) is 21.0. The average Bonchev–Trinajstić information content (AvgIpc) is 3.13. The zero-order valence-electron chi connectivity index (χ0n) is 16.3. The molecule has 6 atom stereocenters. The Kier molecular flexibility index (Phi) is 3.47. The topological polar surface area (TPSA) is 62.6 Å². The number of carbonyl (C=O) groups excluding carboxylic acids is 1. The van der Waals surface area contributed by atoms with Crippen LogP contribution >= 0.6 is 0 Å². The molecule has 1 aromatic rings. The molecule has 4 saturated heterocycles. The minimum absolute atomic E-state index is 0.106. The fourth-order valence-corrected chi connectivity index (χ4v) is 6.44. The number of nitriles is 1. The number of benzene rings is 1. The number of nitrogens with zero attached hydrogens (tertiary/aromatic N) is 2. The first-order valence-corrected chi connectivity index (χ1v) is 9.76. The molecule has 2 bridgehead atoms. The third kappa shape index (κ3) is 2.00. The fraction of sp³-hybridized carbons (Fsp3) is 0.619. The van der Waals surface area contributed by atoms with E-state index < -0.39 is 40.1 Å². The van der Waals surface area contributed by atoms with Gasteiger partial charge in [0.2, 0.25) is 5.91 Å². The van der Waals surface area contributed by atoms with Crippen molar-refractivity contribution in [2.45, 2.75) is 57.2 Å². The summed E-state index contributed by atoms with van der Waals surface area (Å²) in [5.74, 6) is -0.372. The quantitative estimate of drug-likeness (QED) is 0.711. The number of amides is 1. The number of carbonyl (C=O) groups is 1.